The van der Waals surface area contributed by atoms with Crippen LogP contribution in [0.25, 0.3) is 10.8 Å². The first-order valence-electron chi connectivity index (χ1n) is 4.73. The quantitative estimate of drug-likeness (QED) is 0.735. The topological polar surface area (TPSA) is 94.8 Å². The van der Waals surface area contributed by atoms with Gasteiger partial charge < -0.3 is 15.3 Å². The molecule has 2 rings (SSSR count). The monoisotopic (exact) mass is 232 g/mol. The fourth-order valence-electron chi connectivity index (χ4n) is 1.76. The zero-order valence-corrected chi connectivity index (χ0v) is 8.54. The molecule has 0 atom stereocenters. The molecule has 2 aromatic carbocycles. The van der Waals surface area contributed by atoms with Gasteiger partial charge in [0.15, 0.2) is 0 Å². The first-order valence-corrected chi connectivity index (χ1v) is 4.73. The lowest BCUT2D eigenvalue weighted by molar-refractivity contribution is 0.0653. The Morgan fingerprint density at radius 2 is 1.53 bits per heavy atom. The number of carboxylic acids is 2. The summed E-state index contributed by atoms with van der Waals surface area (Å²) in [7, 11) is 0. The van der Waals surface area contributed by atoms with Crippen molar-refractivity contribution in [2.24, 2.45) is 0 Å². The van der Waals surface area contributed by atoms with Gasteiger partial charge in [0.1, 0.15) is 5.75 Å². The lowest BCUT2D eigenvalue weighted by Crippen LogP contribution is -2.08. The maximum absolute atomic E-state index is 11.1. The van der Waals surface area contributed by atoms with Crippen molar-refractivity contribution < 1.29 is 24.9 Å². The summed E-state index contributed by atoms with van der Waals surface area (Å²) in [6.07, 6.45) is 0. The lowest BCUT2D eigenvalue weighted by Gasteiger charge is -2.08. The molecule has 0 heterocycles. The van der Waals surface area contributed by atoms with E-state index in [0.29, 0.717) is 5.39 Å². The van der Waals surface area contributed by atoms with Gasteiger partial charge in [-0.05, 0) is 6.07 Å². The highest BCUT2D eigenvalue weighted by molar-refractivity contribution is 6.13. The SMILES string of the molecule is O=C(O)c1cc(O)c2ccccc2c1C(=O)O. The molecule has 0 spiro atoms. The highest BCUT2D eigenvalue weighted by Gasteiger charge is 2.21. The maximum atomic E-state index is 11.1. The molecule has 0 saturated heterocycles. The number of aromatic hydroxyl groups is 1. The van der Waals surface area contributed by atoms with Gasteiger partial charge in [0.25, 0.3) is 0 Å². The fourth-order valence-corrected chi connectivity index (χ4v) is 1.76. The number of hydrogen-bond donors (Lipinski definition) is 3. The molecule has 0 bridgehead atoms. The summed E-state index contributed by atoms with van der Waals surface area (Å²) in [5.74, 6) is -2.97. The average molecular weight is 232 g/mol. The van der Waals surface area contributed by atoms with Crippen LogP contribution in [0.2, 0.25) is 0 Å². The van der Waals surface area contributed by atoms with Crippen LogP contribution < -0.4 is 0 Å². The van der Waals surface area contributed by atoms with Gasteiger partial charge in [-0.25, -0.2) is 9.59 Å². The van der Waals surface area contributed by atoms with Gasteiger partial charge in [0.05, 0.1) is 11.1 Å². The Hall–Kier alpha value is -2.56. The van der Waals surface area contributed by atoms with E-state index in [2.05, 4.69) is 0 Å². The molecule has 0 amide bonds. The van der Waals surface area contributed by atoms with Crippen molar-refractivity contribution in [2.45, 2.75) is 0 Å². The van der Waals surface area contributed by atoms with Crippen molar-refractivity contribution >= 4 is 22.7 Å². The fraction of sp³-hybridized carbons (Fsp3) is 0. The molecule has 0 aliphatic heterocycles. The van der Waals surface area contributed by atoms with Crippen LogP contribution in [0.1, 0.15) is 20.7 Å². The third-order valence-corrected chi connectivity index (χ3v) is 2.47. The minimum absolute atomic E-state index is 0.206. The largest absolute Gasteiger partial charge is 0.507 e. The van der Waals surface area contributed by atoms with Gasteiger partial charge in [-0.1, -0.05) is 24.3 Å². The normalized spacial score (nSPS) is 10.4. The third kappa shape index (κ3) is 1.67. The second-order valence-electron chi connectivity index (χ2n) is 3.47. The minimum Gasteiger partial charge on any atom is -0.507 e. The number of carbonyl (C=O) groups is 2. The molecule has 2 aromatic rings. The van der Waals surface area contributed by atoms with Crippen LogP contribution in [0.15, 0.2) is 30.3 Å². The number of hydrogen-bond acceptors (Lipinski definition) is 3. The first-order chi connectivity index (χ1) is 8.02. The van der Waals surface area contributed by atoms with E-state index in [0.717, 1.165) is 6.07 Å². The highest BCUT2D eigenvalue weighted by Crippen LogP contribution is 2.30. The van der Waals surface area contributed by atoms with E-state index < -0.39 is 17.5 Å². The molecule has 86 valence electrons. The van der Waals surface area contributed by atoms with Crippen LogP contribution in [0.4, 0.5) is 0 Å². The smallest absolute Gasteiger partial charge is 0.337 e. The van der Waals surface area contributed by atoms with Gasteiger partial charge in [-0.2, -0.15) is 0 Å². The molecule has 0 aromatic heterocycles. The van der Waals surface area contributed by atoms with E-state index in [-0.39, 0.29) is 16.7 Å². The summed E-state index contributed by atoms with van der Waals surface area (Å²) >= 11 is 0. The van der Waals surface area contributed by atoms with E-state index >= 15 is 0 Å². The van der Waals surface area contributed by atoms with Gasteiger partial charge in [0, 0.05) is 10.8 Å². The number of aromatic carboxylic acids is 2. The number of benzene rings is 2. The molecule has 0 aliphatic rings. The Labute approximate surface area is 95.5 Å². The first kappa shape index (κ1) is 10.9. The molecular formula is C12H8O5. The molecule has 5 heteroatoms. The van der Waals surface area contributed by atoms with Crippen LogP contribution in [0.3, 0.4) is 0 Å². The van der Waals surface area contributed by atoms with Crippen LogP contribution in [-0.4, -0.2) is 27.3 Å². The van der Waals surface area contributed by atoms with E-state index in [1.165, 1.54) is 12.1 Å². The zero-order chi connectivity index (χ0) is 12.6. The Bertz CT molecular complexity index is 630. The van der Waals surface area contributed by atoms with Crippen molar-refractivity contribution in [1.29, 1.82) is 0 Å². The third-order valence-electron chi connectivity index (χ3n) is 2.47. The predicted molar refractivity (Wildman–Crippen MR) is 59.5 cm³/mol. The van der Waals surface area contributed by atoms with Gasteiger partial charge in [0.2, 0.25) is 0 Å². The van der Waals surface area contributed by atoms with Crippen molar-refractivity contribution in [2.75, 3.05) is 0 Å². The standard InChI is InChI=1S/C12H8O5/c13-9-5-8(11(14)15)10(12(16)17)7-4-2-1-3-6(7)9/h1-5,13H,(H,14,15)(H,16,17). The minimum atomic E-state index is -1.39. The second-order valence-corrected chi connectivity index (χ2v) is 3.47. The van der Waals surface area contributed by atoms with E-state index in [1.807, 2.05) is 0 Å². The number of carboxylic acid groups (broad SMARTS) is 2. The molecule has 0 saturated carbocycles. The van der Waals surface area contributed by atoms with Gasteiger partial charge in [-0.15, -0.1) is 0 Å². The number of phenols is 1. The highest BCUT2D eigenvalue weighted by atomic mass is 16.4. The molecule has 0 unspecified atom stereocenters. The van der Waals surface area contributed by atoms with E-state index in [1.54, 1.807) is 12.1 Å². The van der Waals surface area contributed by atoms with Crippen LogP contribution in [-0.2, 0) is 0 Å². The summed E-state index contributed by atoms with van der Waals surface area (Å²) in [6, 6.07) is 7.16. The zero-order valence-electron chi connectivity index (χ0n) is 8.54. The second kappa shape index (κ2) is 3.79. The maximum Gasteiger partial charge on any atom is 0.337 e. The summed E-state index contributed by atoms with van der Waals surface area (Å²) in [5.41, 5.74) is -0.736. The Kier molecular flexibility index (Phi) is 2.44. The number of phenolic OH excluding ortho intramolecular Hbond substituents is 1. The molecule has 0 aliphatic carbocycles. The molecule has 17 heavy (non-hydrogen) atoms. The summed E-state index contributed by atoms with van der Waals surface area (Å²) < 4.78 is 0. The van der Waals surface area contributed by atoms with E-state index in [9.17, 15) is 14.7 Å². The van der Waals surface area contributed by atoms with Gasteiger partial charge >= 0.3 is 11.9 Å². The van der Waals surface area contributed by atoms with Crippen molar-refractivity contribution in [3.05, 3.63) is 41.5 Å². The Morgan fingerprint density at radius 3 is 2.06 bits per heavy atom. The van der Waals surface area contributed by atoms with Crippen LogP contribution in [0.5, 0.6) is 5.75 Å². The van der Waals surface area contributed by atoms with Crippen LogP contribution >= 0.6 is 0 Å². The molecular weight excluding hydrogens is 224 g/mol. The van der Waals surface area contributed by atoms with Crippen molar-refractivity contribution in [3.63, 3.8) is 0 Å². The summed E-state index contributed by atoms with van der Waals surface area (Å²) in [6.45, 7) is 0. The summed E-state index contributed by atoms with van der Waals surface area (Å²) in [5, 5.41) is 28.2. The van der Waals surface area contributed by atoms with Crippen molar-refractivity contribution in [1.82, 2.24) is 0 Å². The van der Waals surface area contributed by atoms with Crippen molar-refractivity contribution in [3.8, 4) is 5.75 Å². The number of rotatable bonds is 2. The van der Waals surface area contributed by atoms with Gasteiger partial charge in [-0.3, -0.25) is 0 Å². The van der Waals surface area contributed by atoms with Crippen LogP contribution in [0, 0.1) is 0 Å². The summed E-state index contributed by atoms with van der Waals surface area (Å²) in [4.78, 5) is 22.1. The molecule has 0 radical (unpaired) electrons. The lowest BCUT2D eigenvalue weighted by atomic mass is 9.98. The molecule has 5 nitrogen and oxygen atoms in total. The molecule has 0 fully saturated rings. The Morgan fingerprint density at radius 1 is 0.941 bits per heavy atom. The molecule has 3 N–H and O–H groups in total. The Balaban J connectivity index is 2.98. The van der Waals surface area contributed by atoms with E-state index in [4.69, 9.17) is 10.2 Å². The predicted octanol–water partition coefficient (Wildman–Crippen LogP) is 1.94. The number of fused-ring (bicyclic) bond motifs is 1. The average Bonchev–Trinajstić information content (AvgIpc) is 2.28.